The van der Waals surface area contributed by atoms with Gasteiger partial charge in [-0.15, -0.1) is 11.3 Å². The lowest BCUT2D eigenvalue weighted by molar-refractivity contribution is 0.0949. The maximum atomic E-state index is 4.54. The van der Waals surface area contributed by atoms with E-state index in [4.69, 9.17) is 0 Å². The minimum absolute atomic E-state index is 0.0314. The minimum Gasteiger partial charge on any atom is -0.312 e. The molecule has 0 aliphatic carbocycles. The normalized spacial score (nSPS) is 23.3. The molecule has 1 N–H and O–H groups in total. The van der Waals surface area contributed by atoms with Crippen molar-refractivity contribution >= 4 is 11.3 Å². The first-order valence-corrected chi connectivity index (χ1v) is 8.08. The molecule has 0 saturated carbocycles. The molecule has 1 saturated heterocycles. The zero-order valence-electron chi connectivity index (χ0n) is 12.9. The molecule has 1 aliphatic heterocycles. The predicted octanol–water partition coefficient (Wildman–Crippen LogP) is 3.09. The van der Waals surface area contributed by atoms with E-state index in [1.165, 1.54) is 11.4 Å². The van der Waals surface area contributed by atoms with Gasteiger partial charge in [-0.1, -0.05) is 20.8 Å². The molecular formula is C15H27N3S. The maximum absolute atomic E-state index is 4.54. The number of rotatable bonds is 2. The molecule has 1 fully saturated rings. The monoisotopic (exact) mass is 281 g/mol. The molecule has 108 valence electrons. The van der Waals surface area contributed by atoms with Gasteiger partial charge in [0.25, 0.3) is 0 Å². The number of hydrogen-bond acceptors (Lipinski definition) is 4. The number of nitrogens with zero attached hydrogens (tertiary/aromatic N) is 2. The Morgan fingerprint density at radius 1 is 1.32 bits per heavy atom. The Labute approximate surface area is 121 Å². The van der Waals surface area contributed by atoms with Crippen molar-refractivity contribution in [1.29, 1.82) is 0 Å². The summed E-state index contributed by atoms with van der Waals surface area (Å²) < 4.78 is 0. The maximum Gasteiger partial charge on any atom is 0.112 e. The molecular weight excluding hydrogens is 254 g/mol. The van der Waals surface area contributed by atoms with Crippen LogP contribution in [0.4, 0.5) is 0 Å². The lowest BCUT2D eigenvalue weighted by Gasteiger charge is -2.40. The lowest BCUT2D eigenvalue weighted by Crippen LogP contribution is -2.51. The molecule has 3 nitrogen and oxygen atoms in total. The fourth-order valence-electron chi connectivity index (χ4n) is 2.67. The standard InChI is InChI=1S/C15H27N3S/c1-14(2,3)12-11-18(9-6-7-16-12)15(4,5)13-17-8-10-19-13/h8,10,12,16H,6-7,9,11H2,1-5H3. The Morgan fingerprint density at radius 3 is 2.63 bits per heavy atom. The Hall–Kier alpha value is -0.450. The van der Waals surface area contributed by atoms with Gasteiger partial charge in [0.05, 0.1) is 5.54 Å². The van der Waals surface area contributed by atoms with Crippen LogP contribution in [0, 0.1) is 5.41 Å². The number of thiazole rings is 1. The first-order chi connectivity index (χ1) is 8.82. The summed E-state index contributed by atoms with van der Waals surface area (Å²) in [5.74, 6) is 0. The highest BCUT2D eigenvalue weighted by Gasteiger charge is 2.36. The second-order valence-electron chi connectivity index (χ2n) is 7.07. The van der Waals surface area contributed by atoms with Gasteiger partial charge < -0.3 is 5.32 Å². The summed E-state index contributed by atoms with van der Waals surface area (Å²) in [6.07, 6.45) is 3.13. The molecule has 19 heavy (non-hydrogen) atoms. The van der Waals surface area contributed by atoms with Crippen LogP contribution in [0.3, 0.4) is 0 Å². The molecule has 0 bridgehead atoms. The molecule has 4 heteroatoms. The van der Waals surface area contributed by atoms with Gasteiger partial charge in [0.15, 0.2) is 0 Å². The summed E-state index contributed by atoms with van der Waals surface area (Å²) in [6, 6.07) is 0.536. The van der Waals surface area contributed by atoms with E-state index in [2.05, 4.69) is 55.2 Å². The summed E-state index contributed by atoms with van der Waals surface area (Å²) >= 11 is 1.77. The highest BCUT2D eigenvalue weighted by Crippen LogP contribution is 2.32. The molecule has 0 aromatic carbocycles. The topological polar surface area (TPSA) is 28.2 Å². The summed E-state index contributed by atoms with van der Waals surface area (Å²) in [6.45, 7) is 14.9. The van der Waals surface area contributed by atoms with Crippen molar-refractivity contribution in [2.24, 2.45) is 5.41 Å². The third kappa shape index (κ3) is 3.36. The van der Waals surface area contributed by atoms with E-state index in [1.54, 1.807) is 11.3 Å². The number of aromatic nitrogens is 1. The lowest BCUT2D eigenvalue weighted by atomic mass is 9.86. The fourth-order valence-corrected chi connectivity index (χ4v) is 3.46. The Balaban J connectivity index is 2.18. The summed E-state index contributed by atoms with van der Waals surface area (Å²) in [4.78, 5) is 7.14. The molecule has 2 heterocycles. The van der Waals surface area contributed by atoms with Crippen LogP contribution in [0.25, 0.3) is 0 Å². The van der Waals surface area contributed by atoms with Gasteiger partial charge in [0.2, 0.25) is 0 Å². The fraction of sp³-hybridized carbons (Fsp3) is 0.800. The Bertz CT molecular complexity index is 392. The largest absolute Gasteiger partial charge is 0.312 e. The molecule has 1 aromatic rings. The van der Waals surface area contributed by atoms with Crippen LogP contribution in [-0.4, -0.2) is 35.6 Å². The quantitative estimate of drug-likeness (QED) is 0.903. The predicted molar refractivity (Wildman–Crippen MR) is 82.6 cm³/mol. The van der Waals surface area contributed by atoms with Crippen LogP contribution in [0.2, 0.25) is 0 Å². The van der Waals surface area contributed by atoms with Crippen molar-refractivity contribution in [3.05, 3.63) is 16.6 Å². The van der Waals surface area contributed by atoms with Gasteiger partial charge >= 0.3 is 0 Å². The second kappa shape index (κ2) is 5.51. The zero-order valence-corrected chi connectivity index (χ0v) is 13.7. The molecule has 1 aromatic heterocycles. The molecule has 0 amide bonds. The van der Waals surface area contributed by atoms with Crippen LogP contribution >= 0.6 is 11.3 Å². The zero-order chi connectivity index (χ0) is 14.1. The van der Waals surface area contributed by atoms with Gasteiger partial charge in [-0.25, -0.2) is 4.98 Å². The minimum atomic E-state index is 0.0314. The second-order valence-corrected chi connectivity index (χ2v) is 7.96. The Kier molecular flexibility index (Phi) is 4.33. The van der Waals surface area contributed by atoms with Gasteiger partial charge in [0.1, 0.15) is 5.01 Å². The molecule has 1 aliphatic rings. The van der Waals surface area contributed by atoms with Gasteiger partial charge in [-0.05, 0) is 32.2 Å². The van der Waals surface area contributed by atoms with E-state index in [0.29, 0.717) is 11.5 Å². The molecule has 1 unspecified atom stereocenters. The van der Waals surface area contributed by atoms with Crippen LogP contribution in [0.15, 0.2) is 11.6 Å². The number of hydrogen-bond donors (Lipinski definition) is 1. The van der Waals surface area contributed by atoms with Crippen molar-refractivity contribution < 1.29 is 0 Å². The van der Waals surface area contributed by atoms with E-state index >= 15 is 0 Å². The molecule has 1 atom stereocenters. The summed E-state index contributed by atoms with van der Waals surface area (Å²) in [5, 5.41) is 7.01. The summed E-state index contributed by atoms with van der Waals surface area (Å²) in [7, 11) is 0. The highest BCUT2D eigenvalue weighted by molar-refractivity contribution is 7.09. The smallest absolute Gasteiger partial charge is 0.112 e. The van der Waals surface area contributed by atoms with Crippen molar-refractivity contribution in [3.8, 4) is 0 Å². The van der Waals surface area contributed by atoms with Crippen molar-refractivity contribution in [3.63, 3.8) is 0 Å². The van der Waals surface area contributed by atoms with Crippen LogP contribution in [0.1, 0.15) is 46.0 Å². The SMILES string of the molecule is CC(C)(C)C1CN(C(C)(C)c2nccs2)CCCN1. The molecule has 0 spiro atoms. The van der Waals surface area contributed by atoms with Gasteiger partial charge in [-0.3, -0.25) is 4.90 Å². The van der Waals surface area contributed by atoms with E-state index in [-0.39, 0.29) is 5.54 Å². The van der Waals surface area contributed by atoms with Crippen LogP contribution < -0.4 is 5.32 Å². The first kappa shape index (κ1) is 14.9. The van der Waals surface area contributed by atoms with Gasteiger partial charge in [0, 0.05) is 30.7 Å². The van der Waals surface area contributed by atoms with E-state index in [9.17, 15) is 0 Å². The van der Waals surface area contributed by atoms with Crippen LogP contribution in [-0.2, 0) is 5.54 Å². The highest BCUT2D eigenvalue weighted by atomic mass is 32.1. The van der Waals surface area contributed by atoms with E-state index in [1.807, 2.05) is 6.20 Å². The van der Waals surface area contributed by atoms with Crippen molar-refractivity contribution in [2.45, 2.75) is 52.6 Å². The van der Waals surface area contributed by atoms with Crippen LogP contribution in [0.5, 0.6) is 0 Å². The summed E-state index contributed by atoms with van der Waals surface area (Å²) in [5.41, 5.74) is 0.325. The average Bonchev–Trinajstić information content (AvgIpc) is 2.71. The van der Waals surface area contributed by atoms with E-state index < -0.39 is 0 Å². The number of nitrogens with one attached hydrogen (secondary N) is 1. The van der Waals surface area contributed by atoms with Crippen molar-refractivity contribution in [2.75, 3.05) is 19.6 Å². The molecule has 0 radical (unpaired) electrons. The Morgan fingerprint density at radius 2 is 2.05 bits per heavy atom. The average molecular weight is 281 g/mol. The molecule has 2 rings (SSSR count). The van der Waals surface area contributed by atoms with Gasteiger partial charge in [-0.2, -0.15) is 0 Å². The van der Waals surface area contributed by atoms with E-state index in [0.717, 1.165) is 19.6 Å². The third-order valence-corrected chi connectivity index (χ3v) is 5.28. The first-order valence-electron chi connectivity index (χ1n) is 7.20. The third-order valence-electron chi connectivity index (χ3n) is 4.19. The van der Waals surface area contributed by atoms with Crippen molar-refractivity contribution in [1.82, 2.24) is 15.2 Å².